The molecule has 2 nitrogen and oxygen atoms in total. The maximum Gasteiger partial charge on any atom is 0.121 e. The molecule has 0 unspecified atom stereocenters. The summed E-state index contributed by atoms with van der Waals surface area (Å²) in [5, 5.41) is 3.98. The average molecular weight is 110 g/mol. The van der Waals surface area contributed by atoms with Gasteiger partial charge in [-0.3, -0.25) is 5.32 Å². The average Bonchev–Trinajstić information content (AvgIpc) is 1.77. The van der Waals surface area contributed by atoms with E-state index in [1.807, 2.05) is 13.8 Å². The SMILES string of the molecule is CC1=C(C)OC=C[N]1. The lowest BCUT2D eigenvalue weighted by Gasteiger charge is -2.07. The zero-order valence-corrected chi connectivity index (χ0v) is 5.01. The van der Waals surface area contributed by atoms with Crippen molar-refractivity contribution in [1.29, 1.82) is 0 Å². The van der Waals surface area contributed by atoms with Crippen LogP contribution in [0.5, 0.6) is 0 Å². The highest BCUT2D eigenvalue weighted by Gasteiger charge is 1.98. The molecule has 0 spiro atoms. The second-order valence-electron chi connectivity index (χ2n) is 1.67. The van der Waals surface area contributed by atoms with Gasteiger partial charge in [0.2, 0.25) is 0 Å². The van der Waals surface area contributed by atoms with Crippen molar-refractivity contribution in [3.63, 3.8) is 0 Å². The number of allylic oxidation sites excluding steroid dienone is 2. The van der Waals surface area contributed by atoms with Crippen LogP contribution in [0.2, 0.25) is 0 Å². The first-order chi connectivity index (χ1) is 3.80. The molecule has 1 radical (unpaired) electrons. The Labute approximate surface area is 48.8 Å². The van der Waals surface area contributed by atoms with Gasteiger partial charge < -0.3 is 4.74 Å². The molecule has 43 valence electrons. The van der Waals surface area contributed by atoms with Crippen LogP contribution >= 0.6 is 0 Å². The largest absolute Gasteiger partial charge is 0.466 e. The Morgan fingerprint density at radius 3 is 2.62 bits per heavy atom. The summed E-state index contributed by atoms with van der Waals surface area (Å²) in [6, 6.07) is 0. The van der Waals surface area contributed by atoms with Crippen LogP contribution in [-0.4, -0.2) is 0 Å². The van der Waals surface area contributed by atoms with E-state index in [-0.39, 0.29) is 0 Å². The van der Waals surface area contributed by atoms with Gasteiger partial charge in [-0.25, -0.2) is 0 Å². The molecule has 0 aromatic rings. The Bertz CT molecular complexity index is 131. The Kier molecular flexibility index (Phi) is 1.24. The molecule has 1 heterocycles. The van der Waals surface area contributed by atoms with Crippen LogP contribution < -0.4 is 5.32 Å². The minimum atomic E-state index is 0.882. The molecule has 0 aliphatic carbocycles. The number of nitrogens with zero attached hydrogens (tertiary/aromatic N) is 1. The zero-order valence-electron chi connectivity index (χ0n) is 5.01. The molecule has 0 saturated carbocycles. The van der Waals surface area contributed by atoms with Gasteiger partial charge in [0, 0.05) is 0 Å². The lowest BCUT2D eigenvalue weighted by atomic mass is 10.4. The van der Waals surface area contributed by atoms with E-state index < -0.39 is 0 Å². The highest BCUT2D eigenvalue weighted by molar-refractivity contribution is 5.07. The molecule has 0 aromatic carbocycles. The van der Waals surface area contributed by atoms with E-state index >= 15 is 0 Å². The van der Waals surface area contributed by atoms with Gasteiger partial charge in [0.1, 0.15) is 12.0 Å². The second kappa shape index (κ2) is 1.90. The van der Waals surface area contributed by atoms with Crippen LogP contribution in [0.3, 0.4) is 0 Å². The van der Waals surface area contributed by atoms with Gasteiger partial charge in [0.15, 0.2) is 0 Å². The van der Waals surface area contributed by atoms with E-state index in [1.165, 1.54) is 0 Å². The summed E-state index contributed by atoms with van der Waals surface area (Å²) in [5.41, 5.74) is 0.951. The maximum atomic E-state index is 5.00. The van der Waals surface area contributed by atoms with Crippen LogP contribution in [0.1, 0.15) is 13.8 Å². The Balaban J connectivity index is 2.67. The lowest BCUT2D eigenvalue weighted by molar-refractivity contribution is 0.332. The third-order valence-corrected chi connectivity index (χ3v) is 1.08. The van der Waals surface area contributed by atoms with Gasteiger partial charge in [-0.05, 0) is 13.8 Å². The topological polar surface area (TPSA) is 23.3 Å². The minimum Gasteiger partial charge on any atom is -0.466 e. The number of rotatable bonds is 0. The van der Waals surface area contributed by atoms with Crippen molar-refractivity contribution in [1.82, 2.24) is 5.32 Å². The van der Waals surface area contributed by atoms with Crippen molar-refractivity contribution >= 4 is 0 Å². The number of ether oxygens (including phenoxy) is 1. The van der Waals surface area contributed by atoms with Crippen molar-refractivity contribution in [2.45, 2.75) is 13.8 Å². The molecule has 0 fully saturated rings. The molecule has 1 aliphatic rings. The molecule has 0 saturated heterocycles. The van der Waals surface area contributed by atoms with Gasteiger partial charge in [-0.15, -0.1) is 0 Å². The van der Waals surface area contributed by atoms with Gasteiger partial charge in [0.05, 0.1) is 11.9 Å². The van der Waals surface area contributed by atoms with E-state index in [1.54, 1.807) is 12.5 Å². The Hall–Kier alpha value is -0.920. The van der Waals surface area contributed by atoms with Crippen molar-refractivity contribution < 1.29 is 4.74 Å². The molecule has 0 amide bonds. The van der Waals surface area contributed by atoms with Crippen LogP contribution in [0.4, 0.5) is 0 Å². The molecule has 0 bridgehead atoms. The van der Waals surface area contributed by atoms with E-state index in [2.05, 4.69) is 5.32 Å². The highest BCUT2D eigenvalue weighted by atomic mass is 16.5. The van der Waals surface area contributed by atoms with Gasteiger partial charge in [0.25, 0.3) is 0 Å². The van der Waals surface area contributed by atoms with Crippen molar-refractivity contribution in [3.8, 4) is 0 Å². The molecular formula is C6H8NO. The first kappa shape index (κ1) is 5.22. The van der Waals surface area contributed by atoms with Crippen molar-refractivity contribution in [3.05, 3.63) is 23.9 Å². The van der Waals surface area contributed by atoms with Crippen molar-refractivity contribution in [2.75, 3.05) is 0 Å². The first-order valence-electron chi connectivity index (χ1n) is 2.50. The van der Waals surface area contributed by atoms with Gasteiger partial charge in [-0.2, -0.15) is 0 Å². The number of hydrogen-bond donors (Lipinski definition) is 0. The summed E-state index contributed by atoms with van der Waals surface area (Å²) < 4.78 is 5.00. The van der Waals surface area contributed by atoms with Crippen LogP contribution in [-0.2, 0) is 4.74 Å². The van der Waals surface area contributed by atoms with Crippen LogP contribution in [0, 0.1) is 0 Å². The summed E-state index contributed by atoms with van der Waals surface area (Å²) in [6.07, 6.45) is 3.21. The summed E-state index contributed by atoms with van der Waals surface area (Å²) >= 11 is 0. The van der Waals surface area contributed by atoms with E-state index in [4.69, 9.17) is 4.74 Å². The summed E-state index contributed by atoms with van der Waals surface area (Å²) in [4.78, 5) is 0. The zero-order chi connectivity index (χ0) is 5.98. The summed E-state index contributed by atoms with van der Waals surface area (Å²) in [7, 11) is 0. The molecule has 2 heteroatoms. The molecule has 1 rings (SSSR count). The second-order valence-corrected chi connectivity index (χ2v) is 1.67. The highest BCUT2D eigenvalue weighted by Crippen LogP contribution is 2.07. The smallest absolute Gasteiger partial charge is 0.121 e. The third kappa shape index (κ3) is 0.832. The Morgan fingerprint density at radius 1 is 1.50 bits per heavy atom. The van der Waals surface area contributed by atoms with Crippen LogP contribution in [0.25, 0.3) is 0 Å². The fourth-order valence-corrected chi connectivity index (χ4v) is 0.451. The third-order valence-electron chi connectivity index (χ3n) is 1.08. The fraction of sp³-hybridized carbons (Fsp3) is 0.333. The van der Waals surface area contributed by atoms with Crippen molar-refractivity contribution in [2.24, 2.45) is 0 Å². The monoisotopic (exact) mass is 110 g/mol. The molecule has 1 aliphatic heterocycles. The Morgan fingerprint density at radius 2 is 2.25 bits per heavy atom. The quantitative estimate of drug-likeness (QED) is 0.461. The van der Waals surface area contributed by atoms with Gasteiger partial charge >= 0.3 is 0 Å². The predicted octanol–water partition coefficient (Wildman–Crippen LogP) is 1.34. The van der Waals surface area contributed by atoms with E-state index in [0.717, 1.165) is 11.5 Å². The molecule has 0 aromatic heterocycles. The lowest BCUT2D eigenvalue weighted by Crippen LogP contribution is -2.01. The van der Waals surface area contributed by atoms with E-state index in [9.17, 15) is 0 Å². The summed E-state index contributed by atoms with van der Waals surface area (Å²) in [6.45, 7) is 3.81. The van der Waals surface area contributed by atoms with Gasteiger partial charge in [-0.1, -0.05) is 0 Å². The molecule has 8 heavy (non-hydrogen) atoms. The standard InChI is InChI=1S/C6H8NO/c1-5-6(2)8-4-3-7-5/h3-4H,1-2H3. The maximum absolute atomic E-state index is 5.00. The predicted molar refractivity (Wildman–Crippen MR) is 30.7 cm³/mol. The normalized spacial score (nSPS) is 17.8. The number of hydrogen-bond acceptors (Lipinski definition) is 1. The summed E-state index contributed by atoms with van der Waals surface area (Å²) in [5.74, 6) is 0.882. The van der Waals surface area contributed by atoms with E-state index in [0.29, 0.717) is 0 Å². The molecule has 0 N–H and O–H groups in total. The van der Waals surface area contributed by atoms with Crippen LogP contribution in [0.15, 0.2) is 23.9 Å². The molecular weight excluding hydrogens is 102 g/mol. The first-order valence-corrected chi connectivity index (χ1v) is 2.50. The molecule has 0 atom stereocenters. The fourth-order valence-electron chi connectivity index (χ4n) is 0.451. The minimum absolute atomic E-state index is 0.882.